The minimum Gasteiger partial charge on any atom is -0.367 e. The monoisotopic (exact) mass is 498 g/mol. The van der Waals surface area contributed by atoms with E-state index < -0.39 is 21.3 Å². The Morgan fingerprint density at radius 1 is 1.06 bits per heavy atom. The Morgan fingerprint density at radius 2 is 1.73 bits per heavy atom. The third kappa shape index (κ3) is 5.32. The van der Waals surface area contributed by atoms with Crippen LogP contribution in [0.3, 0.4) is 0 Å². The van der Waals surface area contributed by atoms with Crippen molar-refractivity contribution in [2.75, 3.05) is 36.0 Å². The van der Waals surface area contributed by atoms with Gasteiger partial charge in [0.25, 0.3) is 0 Å². The molecule has 0 saturated carbocycles. The van der Waals surface area contributed by atoms with Crippen LogP contribution >= 0.6 is 11.6 Å². The summed E-state index contributed by atoms with van der Waals surface area (Å²) < 4.78 is 52.4. The van der Waals surface area contributed by atoms with Crippen LogP contribution in [0.4, 0.5) is 18.9 Å². The van der Waals surface area contributed by atoms with E-state index in [0.29, 0.717) is 49.7 Å². The average Bonchev–Trinajstić information content (AvgIpc) is 2.78. The number of rotatable bonds is 3. The number of carbonyl (C=O) groups is 1. The van der Waals surface area contributed by atoms with E-state index in [-0.39, 0.29) is 22.9 Å². The Hall–Kier alpha value is -2.19. The summed E-state index contributed by atoms with van der Waals surface area (Å²) in [5.74, 6) is 4.49. The SMILES string of the molecule is C=S1(=O)CCC(C(=O)N2CCN(c3ccc(Cl)c(C(F)(F)F)c3)CC2c2ccccc2)CC1. The van der Waals surface area contributed by atoms with Gasteiger partial charge in [-0.2, -0.15) is 13.2 Å². The van der Waals surface area contributed by atoms with Crippen molar-refractivity contribution in [1.82, 2.24) is 4.90 Å². The number of nitrogens with zero attached hydrogens (tertiary/aromatic N) is 2. The quantitative estimate of drug-likeness (QED) is 0.567. The third-order valence-corrected chi connectivity index (χ3v) is 8.78. The van der Waals surface area contributed by atoms with E-state index >= 15 is 0 Å². The molecule has 1 amide bonds. The molecule has 1 atom stereocenters. The summed E-state index contributed by atoms with van der Waals surface area (Å²) in [6.07, 6.45) is -3.44. The molecule has 2 fully saturated rings. The zero-order valence-corrected chi connectivity index (χ0v) is 19.6. The van der Waals surface area contributed by atoms with Gasteiger partial charge < -0.3 is 9.80 Å². The lowest BCUT2D eigenvalue weighted by atomic mass is 9.96. The van der Waals surface area contributed by atoms with E-state index in [1.165, 1.54) is 6.07 Å². The maximum absolute atomic E-state index is 13.4. The minimum absolute atomic E-state index is 0.0190. The molecule has 2 saturated heterocycles. The molecule has 0 spiro atoms. The summed E-state index contributed by atoms with van der Waals surface area (Å²) in [6.45, 7) is 1.17. The van der Waals surface area contributed by atoms with Gasteiger partial charge in [0.05, 0.1) is 16.6 Å². The number of benzene rings is 2. The molecule has 178 valence electrons. The van der Waals surface area contributed by atoms with E-state index in [2.05, 4.69) is 5.87 Å². The number of amides is 1. The lowest BCUT2D eigenvalue weighted by Crippen LogP contribution is -2.53. The summed E-state index contributed by atoms with van der Waals surface area (Å²) in [7, 11) is -2.09. The van der Waals surface area contributed by atoms with Crippen LogP contribution in [0.5, 0.6) is 0 Å². The van der Waals surface area contributed by atoms with E-state index in [4.69, 9.17) is 11.6 Å². The van der Waals surface area contributed by atoms with Crippen molar-refractivity contribution in [1.29, 1.82) is 0 Å². The highest BCUT2D eigenvalue weighted by atomic mass is 35.5. The Balaban J connectivity index is 1.60. The van der Waals surface area contributed by atoms with Gasteiger partial charge in [0.1, 0.15) is 0 Å². The first-order valence-electron chi connectivity index (χ1n) is 10.8. The van der Waals surface area contributed by atoms with Crippen LogP contribution in [0.25, 0.3) is 0 Å². The molecule has 33 heavy (non-hydrogen) atoms. The van der Waals surface area contributed by atoms with Crippen LogP contribution < -0.4 is 4.90 Å². The highest BCUT2D eigenvalue weighted by Crippen LogP contribution is 2.38. The second kappa shape index (κ2) is 9.22. The molecule has 9 heteroatoms. The highest BCUT2D eigenvalue weighted by molar-refractivity contribution is 8.00. The van der Waals surface area contributed by atoms with Gasteiger partial charge in [-0.05, 0) is 52.0 Å². The maximum Gasteiger partial charge on any atom is 0.417 e. The molecule has 1 unspecified atom stereocenters. The molecule has 0 bridgehead atoms. The number of alkyl halides is 3. The molecule has 0 radical (unpaired) electrons. The Morgan fingerprint density at radius 3 is 2.36 bits per heavy atom. The Labute approximate surface area is 197 Å². The van der Waals surface area contributed by atoms with Crippen molar-refractivity contribution in [2.24, 2.45) is 5.92 Å². The van der Waals surface area contributed by atoms with Gasteiger partial charge in [0.2, 0.25) is 5.91 Å². The van der Waals surface area contributed by atoms with Crippen LogP contribution in [0.2, 0.25) is 5.02 Å². The van der Waals surface area contributed by atoms with E-state index in [1.54, 1.807) is 6.07 Å². The number of hydrogen-bond acceptors (Lipinski definition) is 3. The summed E-state index contributed by atoms with van der Waals surface area (Å²) in [5, 5.41) is -0.334. The number of carbonyl (C=O) groups excluding carboxylic acids is 1. The topological polar surface area (TPSA) is 40.6 Å². The van der Waals surface area contributed by atoms with Gasteiger partial charge in [0.15, 0.2) is 0 Å². The predicted octanol–water partition coefficient (Wildman–Crippen LogP) is 4.88. The van der Waals surface area contributed by atoms with Crippen molar-refractivity contribution in [2.45, 2.75) is 25.1 Å². The first-order valence-corrected chi connectivity index (χ1v) is 13.3. The van der Waals surface area contributed by atoms with Crippen molar-refractivity contribution in [3.63, 3.8) is 0 Å². The smallest absolute Gasteiger partial charge is 0.367 e. The largest absolute Gasteiger partial charge is 0.417 e. The van der Waals surface area contributed by atoms with Crippen LogP contribution in [-0.4, -0.2) is 52.0 Å². The molecule has 0 aromatic heterocycles. The fourth-order valence-electron chi connectivity index (χ4n) is 4.61. The van der Waals surface area contributed by atoms with Crippen molar-refractivity contribution >= 4 is 38.6 Å². The van der Waals surface area contributed by atoms with Crippen molar-refractivity contribution in [3.8, 4) is 0 Å². The Kier molecular flexibility index (Phi) is 6.69. The molecule has 2 aliphatic heterocycles. The van der Waals surface area contributed by atoms with Crippen LogP contribution in [-0.2, 0) is 20.5 Å². The second-order valence-corrected chi connectivity index (χ2v) is 11.9. The van der Waals surface area contributed by atoms with Gasteiger partial charge in [-0.1, -0.05) is 41.9 Å². The molecule has 4 rings (SSSR count). The van der Waals surface area contributed by atoms with Crippen LogP contribution in [0.1, 0.15) is 30.0 Å². The maximum atomic E-state index is 13.4. The van der Waals surface area contributed by atoms with E-state index in [0.717, 1.165) is 11.6 Å². The van der Waals surface area contributed by atoms with Crippen LogP contribution in [0, 0.1) is 5.92 Å². The molecule has 4 nitrogen and oxygen atoms in total. The number of hydrogen-bond donors (Lipinski definition) is 0. The van der Waals surface area contributed by atoms with Gasteiger partial charge in [-0.25, -0.2) is 0 Å². The Bertz CT molecular complexity index is 1110. The lowest BCUT2D eigenvalue weighted by molar-refractivity contribution is -0.139. The summed E-state index contributed by atoms with van der Waals surface area (Å²) in [6, 6.07) is 13.2. The number of halogens is 4. The normalized spacial score (nSPS) is 26.3. The summed E-state index contributed by atoms with van der Waals surface area (Å²) in [5.41, 5.74) is 0.488. The molecule has 2 aliphatic rings. The molecule has 0 aliphatic carbocycles. The molecule has 2 aromatic rings. The van der Waals surface area contributed by atoms with Gasteiger partial charge in [-0.15, -0.1) is 0 Å². The zero-order valence-electron chi connectivity index (χ0n) is 18.1. The number of anilines is 1. The number of piperazine rings is 1. The van der Waals surface area contributed by atoms with Gasteiger partial charge in [-0.3, -0.25) is 9.00 Å². The lowest BCUT2D eigenvalue weighted by Gasteiger charge is -2.44. The van der Waals surface area contributed by atoms with Crippen molar-refractivity contribution in [3.05, 3.63) is 64.7 Å². The van der Waals surface area contributed by atoms with E-state index in [9.17, 15) is 22.2 Å². The minimum atomic E-state index is -4.54. The summed E-state index contributed by atoms with van der Waals surface area (Å²) in [4.78, 5) is 17.2. The third-order valence-electron chi connectivity index (χ3n) is 6.49. The first-order chi connectivity index (χ1) is 15.5. The standard InChI is InChI=1S/C24H26ClF3N2O2S/c1-33(32)13-9-18(10-14-33)23(31)30-12-11-29(16-22(30)17-5-3-2-4-6-17)19-7-8-21(25)20(15-19)24(26,27)28/h2-8,15,18,22H,1,9-14,16H2. The van der Waals surface area contributed by atoms with Crippen molar-refractivity contribution < 1.29 is 22.2 Å². The molecular formula is C24H26ClF3N2O2S. The first kappa shape index (κ1) is 24.0. The van der Waals surface area contributed by atoms with Gasteiger partial charge in [0, 0.05) is 42.7 Å². The molecule has 0 N–H and O–H groups in total. The molecule has 2 heterocycles. The fourth-order valence-corrected chi connectivity index (χ4v) is 6.47. The van der Waals surface area contributed by atoms with Gasteiger partial charge >= 0.3 is 6.18 Å². The second-order valence-electron chi connectivity index (χ2n) is 8.71. The van der Waals surface area contributed by atoms with Crippen LogP contribution in [0.15, 0.2) is 48.5 Å². The predicted molar refractivity (Wildman–Crippen MR) is 127 cm³/mol. The zero-order chi connectivity index (χ0) is 23.8. The molecule has 2 aromatic carbocycles. The average molecular weight is 499 g/mol. The highest BCUT2D eigenvalue weighted by Gasteiger charge is 2.38. The van der Waals surface area contributed by atoms with E-state index in [1.807, 2.05) is 40.1 Å². The summed E-state index contributed by atoms with van der Waals surface area (Å²) >= 11 is 5.80. The fraction of sp³-hybridized carbons (Fsp3) is 0.417. The molecular weight excluding hydrogens is 473 g/mol.